The molecule has 4 rings (SSSR count). The summed E-state index contributed by atoms with van der Waals surface area (Å²) in [6, 6.07) is 16.2. The second-order valence-electron chi connectivity index (χ2n) is 8.22. The summed E-state index contributed by atoms with van der Waals surface area (Å²) in [6.07, 6.45) is 3.44. The van der Waals surface area contributed by atoms with Crippen LogP contribution in [0.5, 0.6) is 0 Å². The predicted octanol–water partition coefficient (Wildman–Crippen LogP) is 4.22. The molecule has 1 amide bonds. The van der Waals surface area contributed by atoms with Gasteiger partial charge in [-0.25, -0.2) is 9.97 Å². The van der Waals surface area contributed by atoms with Gasteiger partial charge in [0.15, 0.2) is 0 Å². The van der Waals surface area contributed by atoms with Gasteiger partial charge in [0.05, 0.1) is 23.3 Å². The number of aromatic nitrogens is 2. The van der Waals surface area contributed by atoms with E-state index in [1.165, 1.54) is 5.56 Å². The number of carbonyl (C=O) groups is 1. The van der Waals surface area contributed by atoms with Gasteiger partial charge >= 0.3 is 0 Å². The van der Waals surface area contributed by atoms with Crippen LogP contribution < -0.4 is 21.3 Å². The summed E-state index contributed by atoms with van der Waals surface area (Å²) in [7, 11) is 0. The summed E-state index contributed by atoms with van der Waals surface area (Å²) in [6.45, 7) is 6.12. The molecule has 33 heavy (non-hydrogen) atoms. The normalized spacial score (nSPS) is 16.6. The summed E-state index contributed by atoms with van der Waals surface area (Å²) >= 11 is 5.94. The van der Waals surface area contributed by atoms with Crippen molar-refractivity contribution in [1.29, 1.82) is 0 Å². The number of halogens is 1. The van der Waals surface area contributed by atoms with E-state index >= 15 is 0 Å². The number of nitrogens with one attached hydrogen (secondary N) is 4. The molecule has 0 unspecified atom stereocenters. The monoisotopic (exact) mass is 464 g/mol. The predicted molar refractivity (Wildman–Crippen MR) is 133 cm³/mol. The highest BCUT2D eigenvalue weighted by Crippen LogP contribution is 2.30. The van der Waals surface area contributed by atoms with Gasteiger partial charge in [-0.3, -0.25) is 4.79 Å². The topological polar surface area (TPSA) is 91.0 Å². The quantitative estimate of drug-likeness (QED) is 0.373. The SMILES string of the molecule is CCNC(=O)c1cnc2c(c1)NC[C@H]([C@H](NC[C@H](C)c1ccc(Cl)nc1)c1ccccc1)N2. The van der Waals surface area contributed by atoms with Crippen LogP contribution in [0, 0.1) is 0 Å². The molecule has 3 atom stereocenters. The second kappa shape index (κ2) is 10.6. The van der Waals surface area contributed by atoms with Crippen LogP contribution in [0.4, 0.5) is 11.5 Å². The van der Waals surface area contributed by atoms with E-state index in [9.17, 15) is 4.79 Å². The van der Waals surface area contributed by atoms with E-state index in [1.807, 2.05) is 37.4 Å². The molecule has 1 aliphatic heterocycles. The van der Waals surface area contributed by atoms with Crippen molar-refractivity contribution in [3.63, 3.8) is 0 Å². The number of fused-ring (bicyclic) bond motifs is 1. The van der Waals surface area contributed by atoms with Crippen molar-refractivity contribution in [3.05, 3.63) is 82.8 Å². The number of rotatable bonds is 8. The maximum atomic E-state index is 12.2. The van der Waals surface area contributed by atoms with E-state index in [4.69, 9.17) is 11.6 Å². The Bertz CT molecular complexity index is 1080. The third-order valence-electron chi connectivity index (χ3n) is 5.85. The maximum absolute atomic E-state index is 12.2. The van der Waals surface area contributed by atoms with Crippen molar-refractivity contribution < 1.29 is 4.79 Å². The molecule has 1 aromatic carbocycles. The van der Waals surface area contributed by atoms with Crippen LogP contribution in [-0.2, 0) is 0 Å². The van der Waals surface area contributed by atoms with Gasteiger partial charge < -0.3 is 21.3 Å². The molecule has 1 aliphatic rings. The van der Waals surface area contributed by atoms with Crippen molar-refractivity contribution in [3.8, 4) is 0 Å². The lowest BCUT2D eigenvalue weighted by Gasteiger charge is -2.35. The standard InChI is InChI=1S/C25H29ClN6O/c1-3-27-25(33)19-11-20-24(31-14-19)32-21(15-28-20)23(17-7-5-4-6-8-17)30-12-16(2)18-9-10-22(26)29-13-18/h4-11,13-14,16,21,23,28,30H,3,12,15H2,1-2H3,(H,27,33)(H,31,32)/t16-,21+,23+/m0/s1. The average Bonchev–Trinajstić information content (AvgIpc) is 2.85. The zero-order valence-corrected chi connectivity index (χ0v) is 19.6. The van der Waals surface area contributed by atoms with Crippen LogP contribution in [0.3, 0.4) is 0 Å². The molecule has 172 valence electrons. The largest absolute Gasteiger partial charge is 0.380 e. The average molecular weight is 465 g/mol. The summed E-state index contributed by atoms with van der Waals surface area (Å²) < 4.78 is 0. The highest BCUT2D eigenvalue weighted by atomic mass is 35.5. The molecule has 7 nitrogen and oxygen atoms in total. The van der Waals surface area contributed by atoms with Crippen LogP contribution >= 0.6 is 11.6 Å². The van der Waals surface area contributed by atoms with Crippen LogP contribution in [0.25, 0.3) is 0 Å². The molecule has 0 saturated carbocycles. The number of benzene rings is 1. The molecule has 3 heterocycles. The Balaban J connectivity index is 1.50. The van der Waals surface area contributed by atoms with Gasteiger partial charge in [0, 0.05) is 32.0 Å². The second-order valence-corrected chi connectivity index (χ2v) is 8.61. The first-order chi connectivity index (χ1) is 16.0. The first kappa shape index (κ1) is 23.0. The van der Waals surface area contributed by atoms with Crippen molar-refractivity contribution in [1.82, 2.24) is 20.6 Å². The summed E-state index contributed by atoms with van der Waals surface area (Å²) in [4.78, 5) is 20.9. The van der Waals surface area contributed by atoms with Gasteiger partial charge in [-0.05, 0) is 36.1 Å². The first-order valence-electron chi connectivity index (χ1n) is 11.2. The van der Waals surface area contributed by atoms with Crippen LogP contribution in [0.2, 0.25) is 5.15 Å². The molecule has 0 saturated heterocycles. The zero-order valence-electron chi connectivity index (χ0n) is 18.8. The molecular formula is C25H29ClN6O. The number of anilines is 2. The Labute approximate surface area is 199 Å². The first-order valence-corrected chi connectivity index (χ1v) is 11.6. The van der Waals surface area contributed by atoms with Gasteiger partial charge in [0.1, 0.15) is 11.0 Å². The maximum Gasteiger partial charge on any atom is 0.252 e. The van der Waals surface area contributed by atoms with Crippen molar-refractivity contribution >= 4 is 29.0 Å². The van der Waals surface area contributed by atoms with Gasteiger partial charge in [-0.15, -0.1) is 0 Å². The molecule has 0 aliphatic carbocycles. The van der Waals surface area contributed by atoms with Gasteiger partial charge in [-0.2, -0.15) is 0 Å². The number of carbonyl (C=O) groups excluding carboxylic acids is 1. The molecule has 8 heteroatoms. The summed E-state index contributed by atoms with van der Waals surface area (Å²) in [5.41, 5.74) is 3.72. The van der Waals surface area contributed by atoms with Gasteiger partial charge in [-0.1, -0.05) is 54.9 Å². The lowest BCUT2D eigenvalue weighted by Crippen LogP contribution is -2.45. The Morgan fingerprint density at radius 2 is 1.97 bits per heavy atom. The van der Waals surface area contributed by atoms with Crippen molar-refractivity contribution in [2.75, 3.05) is 30.3 Å². The fraction of sp³-hybridized carbons (Fsp3) is 0.320. The fourth-order valence-corrected chi connectivity index (χ4v) is 4.11. The van der Waals surface area contributed by atoms with E-state index < -0.39 is 0 Å². The Morgan fingerprint density at radius 1 is 1.15 bits per heavy atom. The van der Waals surface area contributed by atoms with Crippen molar-refractivity contribution in [2.24, 2.45) is 0 Å². The molecule has 3 aromatic rings. The highest BCUT2D eigenvalue weighted by Gasteiger charge is 2.28. The zero-order chi connectivity index (χ0) is 23.2. The number of hydrogen-bond donors (Lipinski definition) is 4. The summed E-state index contributed by atoms with van der Waals surface area (Å²) in [5, 5.41) is 14.1. The Kier molecular flexibility index (Phi) is 7.42. The fourth-order valence-electron chi connectivity index (χ4n) is 4.00. The van der Waals surface area contributed by atoms with Gasteiger partial charge in [0.2, 0.25) is 0 Å². The number of pyridine rings is 2. The minimum Gasteiger partial charge on any atom is -0.380 e. The molecule has 0 radical (unpaired) electrons. The van der Waals surface area contributed by atoms with Gasteiger partial charge in [0.25, 0.3) is 5.91 Å². The van der Waals surface area contributed by atoms with Crippen LogP contribution in [-0.4, -0.2) is 41.6 Å². The lowest BCUT2D eigenvalue weighted by molar-refractivity contribution is 0.0955. The molecule has 0 fully saturated rings. The third-order valence-corrected chi connectivity index (χ3v) is 6.07. The highest BCUT2D eigenvalue weighted by molar-refractivity contribution is 6.29. The van der Waals surface area contributed by atoms with Crippen LogP contribution in [0.1, 0.15) is 47.3 Å². The number of hydrogen-bond acceptors (Lipinski definition) is 6. The van der Waals surface area contributed by atoms with E-state index in [2.05, 4.69) is 62.4 Å². The summed E-state index contributed by atoms with van der Waals surface area (Å²) in [5.74, 6) is 0.894. The van der Waals surface area contributed by atoms with E-state index in [0.717, 1.165) is 23.6 Å². The van der Waals surface area contributed by atoms with Crippen molar-refractivity contribution in [2.45, 2.75) is 31.8 Å². The minimum absolute atomic E-state index is 0.0550. The molecular weight excluding hydrogens is 436 g/mol. The van der Waals surface area contributed by atoms with E-state index in [1.54, 1.807) is 6.20 Å². The smallest absolute Gasteiger partial charge is 0.252 e. The van der Waals surface area contributed by atoms with E-state index in [-0.39, 0.29) is 23.9 Å². The third kappa shape index (κ3) is 5.61. The minimum atomic E-state index is -0.119. The molecule has 2 aromatic heterocycles. The van der Waals surface area contributed by atoms with Crippen LogP contribution in [0.15, 0.2) is 60.9 Å². The lowest BCUT2D eigenvalue weighted by atomic mass is 9.96. The molecule has 0 spiro atoms. The molecule has 4 N–H and O–H groups in total. The Hall–Kier alpha value is -3.16. The number of amides is 1. The molecule has 0 bridgehead atoms. The Morgan fingerprint density at radius 3 is 2.70 bits per heavy atom. The van der Waals surface area contributed by atoms with E-state index in [0.29, 0.717) is 23.8 Å². The number of nitrogens with zero attached hydrogens (tertiary/aromatic N) is 2.